The summed E-state index contributed by atoms with van der Waals surface area (Å²) in [6.07, 6.45) is 0. The third-order valence-corrected chi connectivity index (χ3v) is 5.98. The molecule has 6 heteroatoms. The molecule has 0 saturated heterocycles. The quantitative estimate of drug-likeness (QED) is 0.366. The first-order valence-corrected chi connectivity index (χ1v) is 7.20. The van der Waals surface area contributed by atoms with Gasteiger partial charge in [-0.2, -0.15) is 0 Å². The Hall–Kier alpha value is 1.27. The van der Waals surface area contributed by atoms with Crippen molar-refractivity contribution < 1.29 is 8.76 Å². The molecule has 0 aliphatic rings. The van der Waals surface area contributed by atoms with E-state index in [2.05, 4.69) is 15.9 Å². The SMILES string of the molecule is O=S([O-])C(I)(I)c1ccc(Br)cc1. The Labute approximate surface area is 115 Å². The van der Waals surface area contributed by atoms with E-state index in [4.69, 9.17) is 0 Å². The van der Waals surface area contributed by atoms with Gasteiger partial charge in [0.15, 0.2) is 0.760 Å². The van der Waals surface area contributed by atoms with Gasteiger partial charge in [-0.05, 0) is 74.0 Å². The molecule has 0 aromatic heterocycles. The molecule has 1 rings (SSSR count). The second-order valence-electron chi connectivity index (χ2n) is 2.26. The zero-order chi connectivity index (χ0) is 10.1. The standard InChI is InChI=1S/C7H5BrI2O2S/c8-6-3-1-5(2-4-6)7(9,10)13(11)12/h1-4H,(H,11,12)/p-1. The van der Waals surface area contributed by atoms with Gasteiger partial charge in [-0.15, -0.1) is 0 Å². The molecule has 1 aromatic rings. The molecule has 0 amide bonds. The average Bonchev–Trinajstić information content (AvgIpc) is 2.04. The van der Waals surface area contributed by atoms with Gasteiger partial charge in [0.05, 0.1) is 0 Å². The minimum atomic E-state index is -2.13. The van der Waals surface area contributed by atoms with Crippen LogP contribution in [0.5, 0.6) is 0 Å². The summed E-state index contributed by atoms with van der Waals surface area (Å²) in [5.41, 5.74) is 0.769. The molecule has 1 atom stereocenters. The minimum Gasteiger partial charge on any atom is -0.770 e. The van der Waals surface area contributed by atoms with E-state index >= 15 is 0 Å². The predicted molar refractivity (Wildman–Crippen MR) is 72.8 cm³/mol. The molecule has 0 radical (unpaired) electrons. The summed E-state index contributed by atoms with van der Waals surface area (Å²) in [6, 6.07) is 7.24. The van der Waals surface area contributed by atoms with Crippen LogP contribution in [0.15, 0.2) is 28.7 Å². The summed E-state index contributed by atoms with van der Waals surface area (Å²) in [5, 5.41) is 0. The van der Waals surface area contributed by atoms with E-state index in [-0.39, 0.29) is 0 Å². The molecule has 0 aliphatic heterocycles. The number of benzene rings is 1. The average molecular weight is 486 g/mol. The molecule has 72 valence electrons. The maximum atomic E-state index is 10.9. The fraction of sp³-hybridized carbons (Fsp3) is 0.143. The van der Waals surface area contributed by atoms with Crippen LogP contribution in [0.25, 0.3) is 0 Å². The Bertz CT molecular complexity index is 326. The predicted octanol–water partition coefficient (Wildman–Crippen LogP) is 3.31. The summed E-state index contributed by atoms with van der Waals surface area (Å²) in [5.74, 6) is 0. The fourth-order valence-corrected chi connectivity index (χ4v) is 2.05. The van der Waals surface area contributed by atoms with Crippen molar-refractivity contribution >= 4 is 72.2 Å². The summed E-state index contributed by atoms with van der Waals surface area (Å²) >= 11 is 4.97. The first-order chi connectivity index (χ1) is 5.94. The van der Waals surface area contributed by atoms with Crippen LogP contribution in [0, 0.1) is 0 Å². The van der Waals surface area contributed by atoms with Crippen molar-refractivity contribution in [2.24, 2.45) is 0 Å². The lowest BCUT2D eigenvalue weighted by atomic mass is 10.2. The molecule has 0 bridgehead atoms. The topological polar surface area (TPSA) is 40.1 Å². The molecule has 0 heterocycles. The van der Waals surface area contributed by atoms with E-state index in [1.807, 2.05) is 57.3 Å². The highest BCUT2D eigenvalue weighted by Crippen LogP contribution is 2.41. The van der Waals surface area contributed by atoms with Gasteiger partial charge in [0.25, 0.3) is 0 Å². The summed E-state index contributed by atoms with van der Waals surface area (Å²) < 4.78 is 21.8. The molecule has 0 N–H and O–H groups in total. The zero-order valence-electron chi connectivity index (χ0n) is 6.17. The van der Waals surface area contributed by atoms with E-state index in [1.54, 1.807) is 12.1 Å². The Morgan fingerprint density at radius 2 is 1.77 bits per heavy atom. The van der Waals surface area contributed by atoms with E-state index in [0.29, 0.717) is 0 Å². The normalized spacial score (nSPS) is 14.2. The maximum absolute atomic E-state index is 10.9. The van der Waals surface area contributed by atoms with Gasteiger partial charge >= 0.3 is 0 Å². The van der Waals surface area contributed by atoms with Gasteiger partial charge in [-0.3, -0.25) is 4.21 Å². The van der Waals surface area contributed by atoms with Gasteiger partial charge in [0, 0.05) is 4.47 Å². The maximum Gasteiger partial charge on any atom is 0.159 e. The molecule has 0 aliphatic carbocycles. The van der Waals surface area contributed by atoms with Crippen molar-refractivity contribution in [2.45, 2.75) is 0.760 Å². The van der Waals surface area contributed by atoms with Gasteiger partial charge in [0.1, 0.15) is 0 Å². The number of alkyl halides is 2. The number of rotatable bonds is 2. The lowest BCUT2D eigenvalue weighted by Crippen LogP contribution is -2.15. The van der Waals surface area contributed by atoms with Crippen LogP contribution in [0.3, 0.4) is 0 Å². The summed E-state index contributed by atoms with van der Waals surface area (Å²) in [7, 11) is 0. The van der Waals surface area contributed by atoms with Crippen molar-refractivity contribution in [1.82, 2.24) is 0 Å². The van der Waals surface area contributed by atoms with Crippen molar-refractivity contribution in [1.29, 1.82) is 0 Å². The number of hydrogen-bond acceptors (Lipinski definition) is 2. The molecule has 0 saturated carbocycles. The smallest absolute Gasteiger partial charge is 0.159 e. The van der Waals surface area contributed by atoms with Crippen LogP contribution >= 0.6 is 61.1 Å². The van der Waals surface area contributed by atoms with E-state index < -0.39 is 11.8 Å². The lowest BCUT2D eigenvalue weighted by molar-refractivity contribution is 0.535. The second kappa shape index (κ2) is 4.86. The van der Waals surface area contributed by atoms with Crippen LogP contribution < -0.4 is 0 Å². The Morgan fingerprint density at radius 3 is 2.15 bits per heavy atom. The van der Waals surface area contributed by atoms with Gasteiger partial charge < -0.3 is 4.55 Å². The van der Waals surface area contributed by atoms with Crippen LogP contribution in [-0.2, 0) is 11.8 Å². The van der Waals surface area contributed by atoms with Crippen molar-refractivity contribution in [3.63, 3.8) is 0 Å². The van der Waals surface area contributed by atoms with E-state index in [9.17, 15) is 8.76 Å². The largest absolute Gasteiger partial charge is 0.770 e. The zero-order valence-corrected chi connectivity index (χ0v) is 12.9. The van der Waals surface area contributed by atoms with Crippen LogP contribution in [0.1, 0.15) is 5.56 Å². The van der Waals surface area contributed by atoms with Crippen LogP contribution in [0.2, 0.25) is 0 Å². The third-order valence-electron chi connectivity index (χ3n) is 1.39. The highest BCUT2D eigenvalue weighted by molar-refractivity contribution is 14.2. The molecule has 1 aromatic carbocycles. The van der Waals surface area contributed by atoms with Gasteiger partial charge in [0.2, 0.25) is 0 Å². The lowest BCUT2D eigenvalue weighted by Gasteiger charge is -2.23. The monoisotopic (exact) mass is 485 g/mol. The van der Waals surface area contributed by atoms with Gasteiger partial charge in [-0.25, -0.2) is 0 Å². The molecule has 1 unspecified atom stereocenters. The van der Waals surface area contributed by atoms with Gasteiger partial charge in [-0.1, -0.05) is 28.1 Å². The fourth-order valence-electron chi connectivity index (χ4n) is 0.740. The first kappa shape index (κ1) is 12.3. The number of halogens is 3. The Kier molecular flexibility index (Phi) is 4.62. The molecule has 0 spiro atoms. The molecule has 0 fully saturated rings. The van der Waals surface area contributed by atoms with Crippen LogP contribution in [-0.4, -0.2) is 8.76 Å². The van der Waals surface area contributed by atoms with Crippen molar-refractivity contribution in [3.05, 3.63) is 34.3 Å². The molecular weight excluding hydrogens is 482 g/mol. The minimum absolute atomic E-state index is 0.769. The molecule has 2 nitrogen and oxygen atoms in total. The second-order valence-corrected chi connectivity index (χ2v) is 11.0. The van der Waals surface area contributed by atoms with E-state index in [0.717, 1.165) is 10.0 Å². The van der Waals surface area contributed by atoms with Crippen LogP contribution in [0.4, 0.5) is 0 Å². The highest BCUT2D eigenvalue weighted by Gasteiger charge is 2.25. The third kappa shape index (κ3) is 3.11. The van der Waals surface area contributed by atoms with E-state index in [1.165, 1.54) is 0 Å². The number of hydrogen-bond donors (Lipinski definition) is 0. The highest BCUT2D eigenvalue weighted by atomic mass is 127. The van der Waals surface area contributed by atoms with Crippen molar-refractivity contribution in [3.8, 4) is 0 Å². The summed E-state index contributed by atoms with van der Waals surface area (Å²) in [6.45, 7) is 0. The molecule has 13 heavy (non-hydrogen) atoms. The first-order valence-electron chi connectivity index (χ1n) is 3.18. The molecular formula is C7H4BrI2O2S-. The van der Waals surface area contributed by atoms with Crippen molar-refractivity contribution in [2.75, 3.05) is 0 Å². The Balaban J connectivity index is 3.08. The Morgan fingerprint density at radius 1 is 1.31 bits per heavy atom. The summed E-state index contributed by atoms with van der Waals surface area (Å²) in [4.78, 5) is 0.